The average molecular weight is 625 g/mol. The third-order valence-electron chi connectivity index (χ3n) is 7.11. The van der Waals surface area contributed by atoms with E-state index in [1.54, 1.807) is 47.4 Å². The monoisotopic (exact) mass is 623 g/mol. The molecule has 0 aliphatic carbocycles. The van der Waals surface area contributed by atoms with Crippen LogP contribution in [0.3, 0.4) is 0 Å². The van der Waals surface area contributed by atoms with E-state index in [0.29, 0.717) is 57.5 Å². The fourth-order valence-electron chi connectivity index (χ4n) is 5.24. The molecule has 2 fully saturated rings. The van der Waals surface area contributed by atoms with Gasteiger partial charge in [-0.25, -0.2) is 4.90 Å². The fourth-order valence-corrected chi connectivity index (χ4v) is 8.56. The molecule has 3 aliphatic heterocycles. The zero-order valence-electron chi connectivity index (χ0n) is 20.1. The first-order valence-corrected chi connectivity index (χ1v) is 14.9. The van der Waals surface area contributed by atoms with E-state index >= 15 is 0 Å². The lowest BCUT2D eigenvalue weighted by Gasteiger charge is -2.31. The van der Waals surface area contributed by atoms with Gasteiger partial charge in [0.15, 0.2) is 0 Å². The van der Waals surface area contributed by atoms with Crippen LogP contribution in [0.25, 0.3) is 0 Å². The standard InChI is InChI=1S/C26H20Cl3N3O5S2/c27-13-4-6-14(7-5-13)32-23(34)19-18(15-2-1-3-16(28)20(15)29)22-25(38-21(19)24(32)35)31(26(36)39-22)12-17(33)30-8-10-37-11-9-30/h1-7,18-19,21H,8-12H2/t18-,19-,21+/m0/s1. The highest BCUT2D eigenvalue weighted by molar-refractivity contribution is 8.00. The fraction of sp³-hybridized carbons (Fsp3) is 0.308. The number of fused-ring (bicyclic) bond motifs is 2. The zero-order chi connectivity index (χ0) is 27.4. The largest absolute Gasteiger partial charge is 0.378 e. The molecule has 3 aliphatic rings. The van der Waals surface area contributed by atoms with E-state index in [2.05, 4.69) is 0 Å². The number of thiazole rings is 1. The molecule has 6 rings (SSSR count). The first-order chi connectivity index (χ1) is 18.8. The van der Waals surface area contributed by atoms with Crippen LogP contribution < -0.4 is 9.77 Å². The summed E-state index contributed by atoms with van der Waals surface area (Å²) in [4.78, 5) is 57.2. The molecule has 3 atom stereocenters. The highest BCUT2D eigenvalue weighted by Gasteiger charge is 2.57. The summed E-state index contributed by atoms with van der Waals surface area (Å²) in [5.74, 6) is -2.55. The van der Waals surface area contributed by atoms with Crippen LogP contribution in [0, 0.1) is 5.92 Å². The van der Waals surface area contributed by atoms with Crippen molar-refractivity contribution in [2.75, 3.05) is 31.2 Å². The molecular weight excluding hydrogens is 605 g/mol. The molecule has 2 aromatic carbocycles. The lowest BCUT2D eigenvalue weighted by Crippen LogP contribution is -2.43. The number of halogens is 3. The predicted octanol–water partition coefficient (Wildman–Crippen LogP) is 4.52. The normalized spacial score (nSPS) is 22.7. The molecular formula is C26H20Cl3N3O5S2. The molecule has 0 bridgehead atoms. The summed E-state index contributed by atoms with van der Waals surface area (Å²) in [7, 11) is 0. The van der Waals surface area contributed by atoms with E-state index < -0.39 is 28.9 Å². The lowest BCUT2D eigenvalue weighted by molar-refractivity contribution is -0.136. The van der Waals surface area contributed by atoms with Gasteiger partial charge in [-0.15, -0.1) is 0 Å². The van der Waals surface area contributed by atoms with E-state index in [4.69, 9.17) is 39.5 Å². The lowest BCUT2D eigenvalue weighted by atomic mass is 9.83. The first-order valence-electron chi connectivity index (χ1n) is 12.1. The summed E-state index contributed by atoms with van der Waals surface area (Å²) in [6, 6.07) is 11.6. The molecule has 13 heteroatoms. The third-order valence-corrected chi connectivity index (χ3v) is 10.8. The Labute approximate surface area is 246 Å². The van der Waals surface area contributed by atoms with Crippen molar-refractivity contribution in [3.8, 4) is 0 Å². The molecule has 0 spiro atoms. The minimum atomic E-state index is -0.834. The van der Waals surface area contributed by atoms with Gasteiger partial charge in [0, 0.05) is 28.9 Å². The molecule has 1 aromatic heterocycles. The summed E-state index contributed by atoms with van der Waals surface area (Å²) in [5, 5.41) is 0.686. The van der Waals surface area contributed by atoms with Gasteiger partial charge in [-0.3, -0.25) is 23.7 Å². The summed E-state index contributed by atoms with van der Waals surface area (Å²) in [6.45, 7) is 1.60. The summed E-state index contributed by atoms with van der Waals surface area (Å²) >= 11 is 21.2. The predicted molar refractivity (Wildman–Crippen MR) is 151 cm³/mol. The Morgan fingerprint density at radius 1 is 0.974 bits per heavy atom. The Kier molecular flexibility index (Phi) is 7.28. The molecule has 8 nitrogen and oxygen atoms in total. The van der Waals surface area contributed by atoms with Gasteiger partial charge in [-0.1, -0.05) is 70.0 Å². The first kappa shape index (κ1) is 26.9. The second kappa shape index (κ2) is 10.6. The number of amides is 3. The Balaban J connectivity index is 1.46. The van der Waals surface area contributed by atoms with Crippen LogP contribution >= 0.6 is 57.9 Å². The van der Waals surface area contributed by atoms with Crippen LogP contribution in [0.1, 0.15) is 16.4 Å². The van der Waals surface area contributed by atoms with Gasteiger partial charge < -0.3 is 9.64 Å². The van der Waals surface area contributed by atoms with Gasteiger partial charge in [-0.05, 0) is 35.9 Å². The number of anilines is 1. The van der Waals surface area contributed by atoms with Crippen LogP contribution in [0.4, 0.5) is 5.69 Å². The topological polar surface area (TPSA) is 88.9 Å². The SMILES string of the molecule is O=C(Cn1c2c(sc1=O)[C@@H](c1cccc(Cl)c1Cl)[C@@H]1C(=O)N(c3ccc(Cl)cc3)C(=O)[C@@H]1S2)N1CCOCC1. The summed E-state index contributed by atoms with van der Waals surface area (Å²) in [5.41, 5.74) is 0.955. The number of nitrogens with zero attached hydrogens (tertiary/aromatic N) is 3. The van der Waals surface area contributed by atoms with Gasteiger partial charge in [-0.2, -0.15) is 0 Å². The van der Waals surface area contributed by atoms with Gasteiger partial charge in [0.25, 0.3) is 0 Å². The van der Waals surface area contributed by atoms with Crippen LogP contribution in [0.15, 0.2) is 52.3 Å². The minimum Gasteiger partial charge on any atom is -0.378 e. The van der Waals surface area contributed by atoms with Crippen molar-refractivity contribution < 1.29 is 19.1 Å². The Hall–Kier alpha value is -2.34. The number of ether oxygens (including phenoxy) is 1. The van der Waals surface area contributed by atoms with Crippen molar-refractivity contribution >= 4 is 81.3 Å². The van der Waals surface area contributed by atoms with Crippen molar-refractivity contribution in [1.29, 1.82) is 0 Å². The van der Waals surface area contributed by atoms with Gasteiger partial charge in [0.05, 0.1) is 39.9 Å². The van der Waals surface area contributed by atoms with Crippen LogP contribution in [0.2, 0.25) is 15.1 Å². The van der Waals surface area contributed by atoms with Crippen molar-refractivity contribution in [1.82, 2.24) is 9.47 Å². The van der Waals surface area contributed by atoms with Gasteiger partial charge in [0.1, 0.15) is 11.8 Å². The van der Waals surface area contributed by atoms with E-state index in [1.807, 2.05) is 0 Å². The maximum absolute atomic E-state index is 13.9. The van der Waals surface area contributed by atoms with Crippen LogP contribution in [0.5, 0.6) is 0 Å². The Morgan fingerprint density at radius 2 is 1.69 bits per heavy atom. The van der Waals surface area contributed by atoms with Crippen molar-refractivity contribution in [3.05, 3.63) is 77.6 Å². The maximum atomic E-state index is 13.9. The number of benzene rings is 2. The smallest absolute Gasteiger partial charge is 0.308 e. The number of hydrogen-bond acceptors (Lipinski definition) is 7. The molecule has 0 unspecified atom stereocenters. The van der Waals surface area contributed by atoms with Crippen LogP contribution in [-0.4, -0.2) is 58.7 Å². The third kappa shape index (κ3) is 4.61. The van der Waals surface area contributed by atoms with Crippen molar-refractivity contribution in [2.45, 2.75) is 22.7 Å². The molecule has 4 heterocycles. The zero-order valence-corrected chi connectivity index (χ0v) is 24.0. The van der Waals surface area contributed by atoms with E-state index in [9.17, 15) is 19.2 Å². The molecule has 3 amide bonds. The van der Waals surface area contributed by atoms with E-state index in [0.717, 1.165) is 23.1 Å². The molecule has 3 aromatic rings. The van der Waals surface area contributed by atoms with E-state index in [-0.39, 0.29) is 22.3 Å². The molecule has 2 saturated heterocycles. The van der Waals surface area contributed by atoms with Gasteiger partial charge in [0.2, 0.25) is 17.7 Å². The highest BCUT2D eigenvalue weighted by atomic mass is 35.5. The van der Waals surface area contributed by atoms with Crippen LogP contribution in [-0.2, 0) is 25.7 Å². The number of aromatic nitrogens is 1. The number of hydrogen-bond donors (Lipinski definition) is 0. The number of thioether (sulfide) groups is 1. The number of carbonyl (C=O) groups excluding carboxylic acids is 3. The summed E-state index contributed by atoms with van der Waals surface area (Å²) in [6.07, 6.45) is 0. The number of rotatable bonds is 4. The number of morpholine rings is 1. The average Bonchev–Trinajstić information content (AvgIpc) is 3.38. The molecule has 0 radical (unpaired) electrons. The van der Waals surface area contributed by atoms with Crippen molar-refractivity contribution in [3.63, 3.8) is 0 Å². The van der Waals surface area contributed by atoms with Crippen molar-refractivity contribution in [2.24, 2.45) is 5.92 Å². The second-order valence-electron chi connectivity index (χ2n) is 9.29. The summed E-state index contributed by atoms with van der Waals surface area (Å²) < 4.78 is 6.75. The maximum Gasteiger partial charge on any atom is 0.308 e. The van der Waals surface area contributed by atoms with Gasteiger partial charge >= 0.3 is 4.87 Å². The Morgan fingerprint density at radius 3 is 2.41 bits per heavy atom. The molecule has 202 valence electrons. The van der Waals surface area contributed by atoms with E-state index in [1.165, 1.54) is 9.47 Å². The molecule has 39 heavy (non-hydrogen) atoms. The second-order valence-corrected chi connectivity index (χ2v) is 12.6. The quantitative estimate of drug-likeness (QED) is 0.397. The number of imide groups is 1. The highest BCUT2D eigenvalue weighted by Crippen LogP contribution is 2.55. The molecule has 0 saturated carbocycles. The Bertz CT molecular complexity index is 1550. The number of carbonyl (C=O) groups is 3. The minimum absolute atomic E-state index is 0.173. The molecule has 0 N–H and O–H groups in total.